The van der Waals surface area contributed by atoms with Crippen molar-refractivity contribution in [1.82, 2.24) is 4.31 Å². The Morgan fingerprint density at radius 2 is 1.03 bits per heavy atom. The minimum Gasteiger partial charge on any atom is -0.425 e. The number of hydrogen-bond acceptors (Lipinski definition) is 7. The minimum absolute atomic E-state index is 0.0146. The van der Waals surface area contributed by atoms with E-state index in [1.165, 1.54) is 51.5 Å². The summed E-state index contributed by atoms with van der Waals surface area (Å²) < 4.78 is 220. The molecule has 0 aliphatic carbocycles. The Hall–Kier alpha value is -4.89. The molecular weight excluding hydrogens is 1100 g/mol. The van der Waals surface area contributed by atoms with Crippen LogP contribution in [0.25, 0.3) is 15.3 Å². The van der Waals surface area contributed by atoms with Gasteiger partial charge in [-0.15, -0.1) is 0 Å². The maximum Gasteiger partial charge on any atom is 0.427 e. The fourth-order valence-electron chi connectivity index (χ4n) is 6.89. The molecule has 0 amide bonds. The first-order valence-corrected chi connectivity index (χ1v) is 28.5. The number of aromatic nitrogens is 1. The van der Waals surface area contributed by atoms with E-state index >= 15 is 0 Å². The summed E-state index contributed by atoms with van der Waals surface area (Å²) in [6, 6.07) is 46.8. The monoisotopic (exact) mass is 1150 g/mol. The lowest BCUT2D eigenvalue weighted by Gasteiger charge is -2.42. The number of rotatable bonds is 15. The largest absolute Gasteiger partial charge is 0.427 e. The highest BCUT2D eigenvalue weighted by Crippen LogP contribution is 2.58. The third kappa shape index (κ3) is 14.4. The maximum atomic E-state index is 13.4. The van der Waals surface area contributed by atoms with Gasteiger partial charge in [0, 0.05) is 36.9 Å². The molecule has 2 fully saturated rings. The van der Waals surface area contributed by atoms with Crippen LogP contribution in [0.3, 0.4) is 0 Å². The van der Waals surface area contributed by atoms with E-state index in [2.05, 4.69) is 141 Å². The zero-order chi connectivity index (χ0) is 56.2. The Balaban J connectivity index is 0.000000217. The van der Waals surface area contributed by atoms with Gasteiger partial charge in [-0.25, -0.2) is 25.3 Å². The average Bonchev–Trinajstić information content (AvgIpc) is 3.37. The molecule has 26 heteroatoms. The Bertz CT molecular complexity index is 2750. The molecule has 2 aliphatic heterocycles. The van der Waals surface area contributed by atoms with Crippen molar-refractivity contribution in [3.8, 4) is 11.1 Å². The second kappa shape index (κ2) is 25.5. The van der Waals surface area contributed by atoms with Crippen molar-refractivity contribution in [2.45, 2.75) is 114 Å². The number of nitrogens with zero attached hydrogens (tertiary/aromatic N) is 3. The number of halogens is 12. The van der Waals surface area contributed by atoms with E-state index in [1.54, 1.807) is 0 Å². The number of pyridine rings is 1. The maximum absolute atomic E-state index is 13.4. The van der Waals surface area contributed by atoms with Crippen molar-refractivity contribution in [3.05, 3.63) is 150 Å². The van der Waals surface area contributed by atoms with E-state index in [0.29, 0.717) is 12.3 Å². The third-order valence-electron chi connectivity index (χ3n) is 11.3. The Kier molecular flexibility index (Phi) is 21.3. The lowest BCUT2D eigenvalue weighted by atomic mass is 10.0. The summed E-state index contributed by atoms with van der Waals surface area (Å²) in [5.41, 5.74) is 2.45. The highest BCUT2D eigenvalue weighted by atomic mass is 32.3. The average molecular weight is 1150 g/mol. The van der Waals surface area contributed by atoms with Crippen LogP contribution in [-0.4, -0.2) is 82.8 Å². The van der Waals surface area contributed by atoms with Crippen LogP contribution in [0.1, 0.15) is 65.7 Å². The first-order chi connectivity index (χ1) is 34.8. The fraction of sp³-hybridized carbons (Fsp3) is 0.408. The topological polar surface area (TPSA) is 133 Å². The van der Waals surface area contributed by atoms with E-state index in [1.807, 2.05) is 23.2 Å². The van der Waals surface area contributed by atoms with Crippen LogP contribution in [0, 0.1) is 5.92 Å². The van der Waals surface area contributed by atoms with Crippen molar-refractivity contribution in [2.24, 2.45) is 5.92 Å². The molecule has 0 radical (unpaired) electrons. The van der Waals surface area contributed by atoms with E-state index in [4.69, 9.17) is 4.84 Å². The van der Waals surface area contributed by atoms with E-state index in [9.17, 15) is 77.9 Å². The second-order valence-corrected chi connectivity index (χ2v) is 24.4. The molecule has 1 atom stereocenters. The van der Waals surface area contributed by atoms with Crippen LogP contribution in [0.2, 0.25) is 0 Å². The molecule has 1 aromatic heterocycles. The molecule has 4 aromatic carbocycles. The highest BCUT2D eigenvalue weighted by molar-refractivity contribution is 8.13. The summed E-state index contributed by atoms with van der Waals surface area (Å²) in [5.74, 6) is -17.1. The first-order valence-electron chi connectivity index (χ1n) is 22.9. The van der Waals surface area contributed by atoms with Crippen molar-refractivity contribution < 1.29 is 87.5 Å². The molecule has 5 aromatic rings. The second-order valence-electron chi connectivity index (χ2n) is 16.8. The van der Waals surface area contributed by atoms with Crippen LogP contribution in [0.4, 0.5) is 52.7 Å². The van der Waals surface area contributed by atoms with E-state index in [0.717, 1.165) is 10.7 Å². The lowest BCUT2D eigenvalue weighted by molar-refractivity contribution is -0.892. The lowest BCUT2D eigenvalue weighted by Crippen LogP contribution is -2.64. The molecule has 3 heterocycles. The Labute approximate surface area is 431 Å². The van der Waals surface area contributed by atoms with Gasteiger partial charge < -0.3 is 4.13 Å². The van der Waals surface area contributed by atoms with Crippen molar-refractivity contribution in [2.75, 3.05) is 19.7 Å². The third-order valence-corrected chi connectivity index (χ3v) is 18.9. The molecule has 0 N–H and O–H groups in total. The molecule has 7 rings (SSSR count). The van der Waals surface area contributed by atoms with Crippen molar-refractivity contribution >= 4 is 41.0 Å². The zero-order valence-electron chi connectivity index (χ0n) is 40.4. The number of hydrogen-bond donors (Lipinski definition) is 0. The molecule has 0 saturated carbocycles. The molecule has 1 unspecified atom stereocenters. The van der Waals surface area contributed by atoms with Gasteiger partial charge in [-0.3, -0.25) is 4.84 Å². The molecule has 75 heavy (non-hydrogen) atoms. The minimum atomic E-state index is -6.60. The quantitative estimate of drug-likeness (QED) is 0.0579. The van der Waals surface area contributed by atoms with Crippen LogP contribution >= 0.6 is 0 Å². The van der Waals surface area contributed by atoms with Gasteiger partial charge in [0.25, 0.3) is 10.0 Å². The predicted molar refractivity (Wildman–Crippen MR) is 259 cm³/mol. The van der Waals surface area contributed by atoms with Crippen LogP contribution < -0.4 is 9.57 Å². The van der Waals surface area contributed by atoms with Gasteiger partial charge in [-0.2, -0.15) is 57.0 Å². The molecule has 414 valence electrons. The summed E-state index contributed by atoms with van der Waals surface area (Å²) in [6.45, 7) is 4.10. The SMILES string of the molecule is CC(F)(F)C(F)(F)C(F)(F)S(=O)(=O)N1CCCCC1.CCCCC(CC)CO[n+]1ccc(-c2ccccc2)cc1.O=S1(=O)[N-]S(=O)(=O)C(F)(F)C(F)(F)C1(F)F.c1ccc([S+](c2ccccc2)c2ccccc2)cc1. The number of unbranched alkanes of at least 4 members (excludes halogenated alkanes) is 1. The van der Waals surface area contributed by atoms with Crippen LogP contribution in [-0.2, 0) is 41.0 Å². The van der Waals surface area contributed by atoms with Gasteiger partial charge in [0.1, 0.15) is 0 Å². The van der Waals surface area contributed by atoms with E-state index in [-0.39, 0.29) is 41.1 Å². The summed E-state index contributed by atoms with van der Waals surface area (Å²) in [7, 11) is -19.0. The van der Waals surface area contributed by atoms with Crippen LogP contribution in [0.15, 0.2) is 161 Å². The number of piperidine rings is 1. The number of sulfonamides is 3. The molecule has 0 bridgehead atoms. The predicted octanol–water partition coefficient (Wildman–Crippen LogP) is 12.6. The Morgan fingerprint density at radius 3 is 1.40 bits per heavy atom. The first kappa shape index (κ1) is 62.6. The van der Waals surface area contributed by atoms with Crippen molar-refractivity contribution in [1.29, 1.82) is 0 Å². The highest BCUT2D eigenvalue weighted by Gasteiger charge is 2.82. The van der Waals surface area contributed by atoms with Gasteiger partial charge in [0.05, 0.1) is 10.9 Å². The molecule has 2 aliphatic rings. The molecule has 10 nitrogen and oxygen atoms in total. The summed E-state index contributed by atoms with van der Waals surface area (Å²) >= 11 is 0. The number of benzene rings is 4. The van der Waals surface area contributed by atoms with Gasteiger partial charge in [-0.05, 0) is 79.1 Å². The van der Waals surface area contributed by atoms with E-state index < -0.39 is 70.5 Å². The number of alkyl halides is 12. The summed E-state index contributed by atoms with van der Waals surface area (Å²) in [4.78, 5) is 9.95. The Morgan fingerprint density at radius 1 is 0.640 bits per heavy atom. The standard InChI is InChI=1S/C19H26NO.C18H15S.C9H13F6NO2S.C3F6NO4S2/c1-3-5-9-17(4-2)16-21-20-14-12-19(13-15-20)18-10-7-6-8-11-18;1-4-10-16(11-5-1)19(17-12-6-2-7-13-17)18-14-8-3-9-15-18;1-7(10,11)8(12,13)9(14,15)19(17,18)16-5-3-2-4-6-16;4-1(5)2(6,7)15(11,12)10-16(13,14)3(1,8)9/h6-8,10-15,17H,3-5,9,16H2,1-2H3;1-15H;2-6H2,1H3;/q2*+1;;-1. The smallest absolute Gasteiger partial charge is 0.425 e. The van der Waals surface area contributed by atoms with Crippen LogP contribution in [0.5, 0.6) is 0 Å². The molecule has 2 saturated heterocycles. The normalized spacial score (nSPS) is 18.3. The summed E-state index contributed by atoms with van der Waals surface area (Å²) in [5, 5.41) is -18.4. The van der Waals surface area contributed by atoms with Gasteiger partial charge in [0.15, 0.2) is 41.3 Å². The summed E-state index contributed by atoms with van der Waals surface area (Å²) in [6.07, 6.45) is 10.0. The van der Waals surface area contributed by atoms with Gasteiger partial charge in [0.2, 0.25) is 12.4 Å². The van der Waals surface area contributed by atoms with Crippen molar-refractivity contribution in [3.63, 3.8) is 0 Å². The fourth-order valence-corrected chi connectivity index (χ4v) is 13.3. The zero-order valence-corrected chi connectivity index (χ0v) is 43.6. The molecule has 0 spiro atoms. The van der Waals surface area contributed by atoms with Gasteiger partial charge >= 0.3 is 33.5 Å². The molecular formula is C49H54F12N3O7S4+. The van der Waals surface area contributed by atoms with Gasteiger partial charge in [-0.1, -0.05) is 118 Å².